The Balaban J connectivity index is 2.32. The molecule has 1 saturated heterocycles. The predicted octanol–water partition coefficient (Wildman–Crippen LogP) is 2.38. The molecule has 0 amide bonds. The van der Waals surface area contributed by atoms with Gasteiger partial charge >= 0.3 is 0 Å². The van der Waals surface area contributed by atoms with E-state index < -0.39 is 5.60 Å². The van der Waals surface area contributed by atoms with Crippen molar-refractivity contribution in [3.63, 3.8) is 0 Å². The number of aliphatic hydroxyl groups is 1. The third-order valence-corrected chi connectivity index (χ3v) is 3.73. The van der Waals surface area contributed by atoms with Gasteiger partial charge in [-0.25, -0.2) is 9.97 Å². The quantitative estimate of drug-likeness (QED) is 0.866. The molecule has 1 fully saturated rings. The molecule has 1 unspecified atom stereocenters. The van der Waals surface area contributed by atoms with Gasteiger partial charge in [0.2, 0.25) is 0 Å². The summed E-state index contributed by atoms with van der Waals surface area (Å²) >= 11 is 0. The molecule has 1 aliphatic heterocycles. The maximum Gasteiger partial charge on any atom is 0.137 e. The SMILES string of the molecule is CCCNc1ncnc(N2CCC(C)(O)C2)c1C(C)C. The molecule has 5 heteroatoms. The first-order valence-corrected chi connectivity index (χ1v) is 7.50. The van der Waals surface area contributed by atoms with Gasteiger partial charge in [-0.05, 0) is 25.7 Å². The van der Waals surface area contributed by atoms with Crippen molar-refractivity contribution >= 4 is 11.6 Å². The molecule has 1 aromatic heterocycles. The molecule has 2 heterocycles. The number of hydrogen-bond donors (Lipinski definition) is 2. The molecule has 1 atom stereocenters. The van der Waals surface area contributed by atoms with Crippen molar-refractivity contribution in [2.75, 3.05) is 29.9 Å². The molecule has 1 aliphatic rings. The minimum Gasteiger partial charge on any atom is -0.388 e. The molecule has 2 rings (SSSR count). The fourth-order valence-corrected chi connectivity index (χ4v) is 2.68. The summed E-state index contributed by atoms with van der Waals surface area (Å²) in [6, 6.07) is 0. The summed E-state index contributed by atoms with van der Waals surface area (Å²) in [5.41, 5.74) is 0.537. The number of rotatable bonds is 5. The monoisotopic (exact) mass is 278 g/mol. The maximum absolute atomic E-state index is 10.2. The number of β-amino-alcohol motifs (C(OH)–C–C–N with tert-alkyl or cyclic N) is 1. The van der Waals surface area contributed by atoms with Crippen molar-refractivity contribution < 1.29 is 5.11 Å². The zero-order chi connectivity index (χ0) is 14.8. The normalized spacial score (nSPS) is 22.6. The van der Waals surface area contributed by atoms with Crippen molar-refractivity contribution in [1.82, 2.24) is 9.97 Å². The van der Waals surface area contributed by atoms with E-state index in [2.05, 4.69) is 41.0 Å². The Kier molecular flexibility index (Phi) is 4.48. The number of hydrogen-bond acceptors (Lipinski definition) is 5. The van der Waals surface area contributed by atoms with E-state index in [1.165, 1.54) is 0 Å². The lowest BCUT2D eigenvalue weighted by molar-refractivity contribution is 0.0839. The molecule has 112 valence electrons. The van der Waals surface area contributed by atoms with E-state index in [-0.39, 0.29) is 0 Å². The van der Waals surface area contributed by atoms with Crippen LogP contribution in [0.1, 0.15) is 52.0 Å². The molecule has 0 bridgehead atoms. The minimum absolute atomic E-state index is 0.344. The van der Waals surface area contributed by atoms with Gasteiger partial charge in [0.1, 0.15) is 18.0 Å². The van der Waals surface area contributed by atoms with Crippen LogP contribution >= 0.6 is 0 Å². The summed E-state index contributed by atoms with van der Waals surface area (Å²) in [5.74, 6) is 2.24. The lowest BCUT2D eigenvalue weighted by Gasteiger charge is -2.25. The second kappa shape index (κ2) is 5.95. The molecule has 0 spiro atoms. The predicted molar refractivity (Wildman–Crippen MR) is 82.4 cm³/mol. The highest BCUT2D eigenvalue weighted by molar-refractivity contribution is 5.61. The first-order chi connectivity index (χ1) is 9.44. The van der Waals surface area contributed by atoms with Crippen LogP contribution in [-0.2, 0) is 0 Å². The first kappa shape index (κ1) is 15.0. The molecular formula is C15H26N4O. The van der Waals surface area contributed by atoms with Crippen LogP contribution in [0.25, 0.3) is 0 Å². The highest BCUT2D eigenvalue weighted by atomic mass is 16.3. The van der Waals surface area contributed by atoms with E-state index in [0.29, 0.717) is 12.5 Å². The first-order valence-electron chi connectivity index (χ1n) is 7.50. The van der Waals surface area contributed by atoms with Gasteiger partial charge in [-0.1, -0.05) is 20.8 Å². The lowest BCUT2D eigenvalue weighted by Crippen LogP contribution is -2.31. The molecule has 0 radical (unpaired) electrons. The highest BCUT2D eigenvalue weighted by Crippen LogP contribution is 2.34. The Morgan fingerprint density at radius 2 is 2.20 bits per heavy atom. The second-order valence-corrected chi connectivity index (χ2v) is 6.21. The van der Waals surface area contributed by atoms with Crippen LogP contribution in [0.15, 0.2) is 6.33 Å². The second-order valence-electron chi connectivity index (χ2n) is 6.21. The van der Waals surface area contributed by atoms with Gasteiger partial charge < -0.3 is 15.3 Å². The van der Waals surface area contributed by atoms with Gasteiger partial charge in [-0.2, -0.15) is 0 Å². The zero-order valence-electron chi connectivity index (χ0n) is 13.0. The molecule has 0 saturated carbocycles. The number of aromatic nitrogens is 2. The molecule has 20 heavy (non-hydrogen) atoms. The standard InChI is InChI=1S/C15H26N4O/c1-5-7-16-13-12(11(2)3)14(18-10-17-13)19-8-6-15(4,20)9-19/h10-11,20H,5-9H2,1-4H3,(H,16,17,18). The van der Waals surface area contributed by atoms with E-state index >= 15 is 0 Å². The van der Waals surface area contributed by atoms with Crippen molar-refractivity contribution in [3.8, 4) is 0 Å². The Morgan fingerprint density at radius 1 is 1.45 bits per heavy atom. The van der Waals surface area contributed by atoms with Crippen molar-refractivity contribution in [1.29, 1.82) is 0 Å². The third-order valence-electron chi connectivity index (χ3n) is 3.73. The Morgan fingerprint density at radius 3 is 2.75 bits per heavy atom. The van der Waals surface area contributed by atoms with Crippen LogP contribution in [0, 0.1) is 0 Å². The maximum atomic E-state index is 10.2. The van der Waals surface area contributed by atoms with Gasteiger partial charge in [0.05, 0.1) is 5.60 Å². The topological polar surface area (TPSA) is 61.3 Å². The van der Waals surface area contributed by atoms with Gasteiger partial charge in [-0.3, -0.25) is 0 Å². The average molecular weight is 278 g/mol. The van der Waals surface area contributed by atoms with Crippen LogP contribution < -0.4 is 10.2 Å². The molecule has 0 aliphatic carbocycles. The van der Waals surface area contributed by atoms with E-state index in [9.17, 15) is 5.11 Å². The zero-order valence-corrected chi connectivity index (χ0v) is 13.0. The van der Waals surface area contributed by atoms with Crippen molar-refractivity contribution in [2.24, 2.45) is 0 Å². The van der Waals surface area contributed by atoms with Crippen molar-refractivity contribution in [2.45, 2.75) is 52.1 Å². The summed E-state index contributed by atoms with van der Waals surface area (Å²) in [6.45, 7) is 10.7. The highest BCUT2D eigenvalue weighted by Gasteiger charge is 2.33. The van der Waals surface area contributed by atoms with E-state index in [1.807, 2.05) is 6.92 Å². The Labute approximate surface area is 121 Å². The minimum atomic E-state index is -0.615. The summed E-state index contributed by atoms with van der Waals surface area (Å²) in [4.78, 5) is 11.0. The van der Waals surface area contributed by atoms with E-state index in [4.69, 9.17) is 0 Å². The van der Waals surface area contributed by atoms with Crippen LogP contribution in [0.3, 0.4) is 0 Å². The van der Waals surface area contributed by atoms with Crippen LogP contribution in [0.2, 0.25) is 0 Å². The summed E-state index contributed by atoms with van der Waals surface area (Å²) in [6.07, 6.45) is 3.47. The number of anilines is 2. The van der Waals surface area contributed by atoms with E-state index in [0.717, 1.165) is 43.1 Å². The average Bonchev–Trinajstić information content (AvgIpc) is 2.76. The fourth-order valence-electron chi connectivity index (χ4n) is 2.68. The molecular weight excluding hydrogens is 252 g/mol. The number of nitrogens with one attached hydrogen (secondary N) is 1. The van der Waals surface area contributed by atoms with Gasteiger partial charge in [0, 0.05) is 25.2 Å². The smallest absolute Gasteiger partial charge is 0.137 e. The van der Waals surface area contributed by atoms with Crippen molar-refractivity contribution in [3.05, 3.63) is 11.9 Å². The van der Waals surface area contributed by atoms with Crippen LogP contribution in [0.4, 0.5) is 11.6 Å². The van der Waals surface area contributed by atoms with Gasteiger partial charge in [0.25, 0.3) is 0 Å². The summed E-state index contributed by atoms with van der Waals surface area (Å²) in [7, 11) is 0. The van der Waals surface area contributed by atoms with Gasteiger partial charge in [-0.15, -0.1) is 0 Å². The third kappa shape index (κ3) is 3.20. The van der Waals surface area contributed by atoms with Crippen LogP contribution in [-0.4, -0.2) is 40.3 Å². The Hall–Kier alpha value is -1.36. The largest absolute Gasteiger partial charge is 0.388 e. The fraction of sp³-hybridized carbons (Fsp3) is 0.733. The van der Waals surface area contributed by atoms with Gasteiger partial charge in [0.15, 0.2) is 0 Å². The molecule has 0 aromatic carbocycles. The lowest BCUT2D eigenvalue weighted by atomic mass is 10.0. The molecule has 2 N–H and O–H groups in total. The summed E-state index contributed by atoms with van der Waals surface area (Å²) < 4.78 is 0. The molecule has 1 aromatic rings. The summed E-state index contributed by atoms with van der Waals surface area (Å²) in [5, 5.41) is 13.6. The molecule has 5 nitrogen and oxygen atoms in total. The van der Waals surface area contributed by atoms with Crippen LogP contribution in [0.5, 0.6) is 0 Å². The Bertz CT molecular complexity index is 459. The van der Waals surface area contributed by atoms with E-state index in [1.54, 1.807) is 6.33 Å². The number of nitrogens with zero attached hydrogens (tertiary/aromatic N) is 3.